The molecule has 1 fully saturated rings. The minimum atomic E-state index is 0.266. The summed E-state index contributed by atoms with van der Waals surface area (Å²) in [6, 6.07) is 2.21. The lowest BCUT2D eigenvalue weighted by atomic mass is 9.63. The lowest BCUT2D eigenvalue weighted by Gasteiger charge is -2.51. The van der Waals surface area contributed by atoms with Crippen LogP contribution in [-0.2, 0) is 4.74 Å². The Balaban J connectivity index is 2.58. The molecule has 0 radical (unpaired) electrons. The van der Waals surface area contributed by atoms with Crippen molar-refractivity contribution in [2.24, 2.45) is 10.8 Å². The molecule has 0 saturated carbocycles. The largest absolute Gasteiger partial charge is 0.380 e. The summed E-state index contributed by atoms with van der Waals surface area (Å²) in [6.45, 7) is 8.35. The second-order valence-electron chi connectivity index (χ2n) is 4.68. The van der Waals surface area contributed by atoms with Crippen LogP contribution < -0.4 is 0 Å². The fraction of sp³-hybridized carbons (Fsp3) is 0.900. The molecule has 12 heavy (non-hydrogen) atoms. The summed E-state index contributed by atoms with van der Waals surface area (Å²) in [4.78, 5) is 0. The second kappa shape index (κ2) is 3.06. The highest BCUT2D eigenvalue weighted by atomic mass is 16.5. The summed E-state index contributed by atoms with van der Waals surface area (Å²) >= 11 is 0. The third-order valence-electron chi connectivity index (χ3n) is 3.06. The van der Waals surface area contributed by atoms with Gasteiger partial charge in [0, 0.05) is 11.8 Å². The summed E-state index contributed by atoms with van der Waals surface area (Å²) in [6.07, 6.45) is 1.63. The van der Waals surface area contributed by atoms with Gasteiger partial charge in [0.05, 0.1) is 19.3 Å². The van der Waals surface area contributed by atoms with Gasteiger partial charge in [0.15, 0.2) is 0 Å². The van der Waals surface area contributed by atoms with Gasteiger partial charge in [0.25, 0.3) is 0 Å². The van der Waals surface area contributed by atoms with Crippen LogP contribution in [0.1, 0.15) is 33.6 Å². The highest BCUT2D eigenvalue weighted by Crippen LogP contribution is 2.47. The van der Waals surface area contributed by atoms with Crippen LogP contribution in [0.3, 0.4) is 0 Å². The van der Waals surface area contributed by atoms with Gasteiger partial charge in [-0.1, -0.05) is 20.8 Å². The van der Waals surface area contributed by atoms with Gasteiger partial charge in [-0.15, -0.1) is 0 Å². The van der Waals surface area contributed by atoms with Crippen LogP contribution in [0.15, 0.2) is 0 Å². The highest BCUT2D eigenvalue weighted by Gasteiger charge is 2.47. The van der Waals surface area contributed by atoms with Gasteiger partial charge in [0.1, 0.15) is 0 Å². The van der Waals surface area contributed by atoms with E-state index >= 15 is 0 Å². The van der Waals surface area contributed by atoms with Crippen molar-refractivity contribution in [3.63, 3.8) is 0 Å². The van der Waals surface area contributed by atoms with E-state index in [4.69, 9.17) is 10.00 Å². The molecule has 0 aromatic heterocycles. The van der Waals surface area contributed by atoms with Crippen LogP contribution in [0.2, 0.25) is 0 Å². The monoisotopic (exact) mass is 167 g/mol. The molecule has 68 valence electrons. The van der Waals surface area contributed by atoms with E-state index in [1.165, 1.54) is 0 Å². The lowest BCUT2D eigenvalue weighted by molar-refractivity contribution is -0.173. The molecule has 0 spiro atoms. The van der Waals surface area contributed by atoms with Gasteiger partial charge in [-0.05, 0) is 11.8 Å². The van der Waals surface area contributed by atoms with E-state index in [1.54, 1.807) is 0 Å². The van der Waals surface area contributed by atoms with Crippen molar-refractivity contribution < 1.29 is 4.74 Å². The Bertz CT molecular complexity index is 193. The average molecular weight is 167 g/mol. The molecule has 0 N–H and O–H groups in total. The predicted molar refractivity (Wildman–Crippen MR) is 47.6 cm³/mol. The molecule has 0 amide bonds. The smallest absolute Gasteiger partial charge is 0.0621 e. The van der Waals surface area contributed by atoms with E-state index in [0.717, 1.165) is 19.6 Å². The minimum Gasteiger partial charge on any atom is -0.380 e. The van der Waals surface area contributed by atoms with E-state index in [0.29, 0.717) is 6.42 Å². The fourth-order valence-electron chi connectivity index (χ4n) is 1.60. The fourth-order valence-corrected chi connectivity index (χ4v) is 1.60. The Morgan fingerprint density at radius 3 is 2.25 bits per heavy atom. The zero-order valence-corrected chi connectivity index (χ0v) is 8.18. The molecular weight excluding hydrogens is 150 g/mol. The number of hydrogen-bond acceptors (Lipinski definition) is 2. The third kappa shape index (κ3) is 1.47. The zero-order chi connectivity index (χ0) is 9.24. The van der Waals surface area contributed by atoms with Gasteiger partial charge in [-0.2, -0.15) is 5.26 Å². The van der Waals surface area contributed by atoms with Crippen LogP contribution >= 0.6 is 0 Å². The van der Waals surface area contributed by atoms with Crippen LogP contribution in [0.25, 0.3) is 0 Å². The van der Waals surface area contributed by atoms with Crippen LogP contribution in [0.4, 0.5) is 0 Å². The Labute approximate surface area is 74.5 Å². The first-order valence-electron chi connectivity index (χ1n) is 4.47. The van der Waals surface area contributed by atoms with Gasteiger partial charge in [0.2, 0.25) is 0 Å². The second-order valence-corrected chi connectivity index (χ2v) is 4.68. The molecule has 0 aliphatic carbocycles. The highest BCUT2D eigenvalue weighted by molar-refractivity contribution is 4.96. The normalized spacial score (nSPS) is 21.2. The molecular formula is C10H17NO. The first kappa shape index (κ1) is 9.54. The SMILES string of the molecule is CC(C)(C)C1(CCC#N)COC1. The molecule has 0 aromatic rings. The van der Waals surface area contributed by atoms with E-state index in [2.05, 4.69) is 26.8 Å². The Hall–Kier alpha value is -0.550. The predicted octanol–water partition coefficient (Wildman–Crippen LogP) is 2.35. The molecule has 0 bridgehead atoms. The van der Waals surface area contributed by atoms with Crippen molar-refractivity contribution in [3.8, 4) is 6.07 Å². The van der Waals surface area contributed by atoms with Crippen LogP contribution in [-0.4, -0.2) is 13.2 Å². The molecule has 0 aromatic carbocycles. The third-order valence-corrected chi connectivity index (χ3v) is 3.06. The molecule has 2 heteroatoms. The van der Waals surface area contributed by atoms with Crippen LogP contribution in [0, 0.1) is 22.2 Å². The first-order valence-corrected chi connectivity index (χ1v) is 4.47. The Morgan fingerprint density at radius 2 is 2.00 bits per heavy atom. The van der Waals surface area contributed by atoms with E-state index in [9.17, 15) is 0 Å². The quantitative estimate of drug-likeness (QED) is 0.632. The number of rotatable bonds is 2. The van der Waals surface area contributed by atoms with Gasteiger partial charge in [-0.25, -0.2) is 0 Å². The van der Waals surface area contributed by atoms with Crippen molar-refractivity contribution in [3.05, 3.63) is 0 Å². The maximum absolute atomic E-state index is 8.52. The van der Waals surface area contributed by atoms with E-state index < -0.39 is 0 Å². The Kier molecular flexibility index (Phi) is 2.44. The molecule has 1 aliphatic heterocycles. The maximum atomic E-state index is 8.52. The molecule has 1 heterocycles. The summed E-state index contributed by atoms with van der Waals surface area (Å²) in [5.74, 6) is 0. The zero-order valence-electron chi connectivity index (χ0n) is 8.18. The van der Waals surface area contributed by atoms with Crippen molar-refractivity contribution in [2.45, 2.75) is 33.6 Å². The average Bonchev–Trinajstić information content (AvgIpc) is 1.82. The number of ether oxygens (including phenoxy) is 1. The van der Waals surface area contributed by atoms with Crippen molar-refractivity contribution >= 4 is 0 Å². The van der Waals surface area contributed by atoms with Gasteiger partial charge < -0.3 is 4.74 Å². The van der Waals surface area contributed by atoms with Crippen LogP contribution in [0.5, 0.6) is 0 Å². The Morgan fingerprint density at radius 1 is 1.42 bits per heavy atom. The minimum absolute atomic E-state index is 0.266. The van der Waals surface area contributed by atoms with E-state index in [-0.39, 0.29) is 10.8 Å². The maximum Gasteiger partial charge on any atom is 0.0621 e. The van der Waals surface area contributed by atoms with Gasteiger partial charge in [-0.3, -0.25) is 0 Å². The molecule has 1 saturated heterocycles. The first-order chi connectivity index (χ1) is 5.52. The topological polar surface area (TPSA) is 33.0 Å². The molecule has 0 unspecified atom stereocenters. The van der Waals surface area contributed by atoms with Crippen molar-refractivity contribution in [1.29, 1.82) is 5.26 Å². The number of nitriles is 1. The van der Waals surface area contributed by atoms with Crippen molar-refractivity contribution in [2.75, 3.05) is 13.2 Å². The lowest BCUT2D eigenvalue weighted by Crippen LogP contribution is -2.51. The number of nitrogens with zero attached hydrogens (tertiary/aromatic N) is 1. The van der Waals surface area contributed by atoms with Crippen molar-refractivity contribution in [1.82, 2.24) is 0 Å². The summed E-state index contributed by atoms with van der Waals surface area (Å²) in [5.41, 5.74) is 0.533. The summed E-state index contributed by atoms with van der Waals surface area (Å²) < 4.78 is 5.25. The van der Waals surface area contributed by atoms with E-state index in [1.807, 2.05) is 0 Å². The molecule has 0 atom stereocenters. The summed E-state index contributed by atoms with van der Waals surface area (Å²) in [5, 5.41) is 8.52. The summed E-state index contributed by atoms with van der Waals surface area (Å²) in [7, 11) is 0. The standard InChI is InChI=1S/C10H17NO/c1-9(2,3)10(5-4-6-11)7-12-8-10/h4-5,7-8H2,1-3H3. The number of hydrogen-bond donors (Lipinski definition) is 0. The van der Waals surface area contributed by atoms with Gasteiger partial charge >= 0.3 is 0 Å². The molecule has 1 aliphatic rings. The molecule has 2 nitrogen and oxygen atoms in total. The molecule has 1 rings (SSSR count).